The van der Waals surface area contributed by atoms with Crippen molar-refractivity contribution in [1.29, 1.82) is 0 Å². The van der Waals surface area contributed by atoms with E-state index >= 15 is 0 Å². The molecule has 2 atom stereocenters. The number of amidine groups is 1. The molecule has 4 aromatic heterocycles. The van der Waals surface area contributed by atoms with Gasteiger partial charge in [-0.1, -0.05) is 13.0 Å². The Hall–Kier alpha value is -5.98. The lowest BCUT2D eigenvalue weighted by molar-refractivity contribution is -0.106. The van der Waals surface area contributed by atoms with Crippen LogP contribution in [0.15, 0.2) is 83.0 Å². The molecule has 1 saturated heterocycles. The fraction of sp³-hybridized carbons (Fsp3) is 0.375. The molecule has 328 valence electrons. The highest BCUT2D eigenvalue weighted by atomic mass is 31.1. The van der Waals surface area contributed by atoms with Crippen molar-refractivity contribution < 1.29 is 14.0 Å². The fourth-order valence-electron chi connectivity index (χ4n) is 9.58. The van der Waals surface area contributed by atoms with Crippen LogP contribution in [0, 0.1) is 25.6 Å². The molecule has 3 aromatic carbocycles. The Balaban J connectivity index is 0.000000171. The molecule has 3 aliphatic rings. The Bertz CT molecular complexity index is 2930. The van der Waals surface area contributed by atoms with E-state index in [0.29, 0.717) is 46.9 Å². The first-order chi connectivity index (χ1) is 30.3. The molecule has 7 aromatic rings. The molecule has 10 rings (SSSR count). The maximum Gasteiger partial charge on any atom is 0.338 e. The Kier molecular flexibility index (Phi) is 12.2. The summed E-state index contributed by atoms with van der Waals surface area (Å²) in [5, 5.41) is 11.3. The number of aldehydes is 2. The zero-order valence-electron chi connectivity index (χ0n) is 37.1. The number of rotatable bonds is 7. The zero-order chi connectivity index (χ0) is 44.7. The van der Waals surface area contributed by atoms with E-state index in [0.717, 1.165) is 85.0 Å². The fourth-order valence-corrected chi connectivity index (χ4v) is 10.9. The maximum atomic E-state index is 14.4. The minimum Gasteiger partial charge on any atom is -0.385 e. The van der Waals surface area contributed by atoms with Gasteiger partial charge in [0.05, 0.1) is 34.5 Å². The SMILES string of the molecule is CC=O.CN=C(N)[C@]1(n2c(C=O)cc3cc(C4CCPCC4)ccc32)CC1C.Cc1cc(-n2nc3c(c2-n2ccn(-c4ccc5c(cnn5C)c4)c2=O)CN(C)CC3)cc(C)c1F. The summed E-state index contributed by atoms with van der Waals surface area (Å²) in [6.07, 6.45) is 14.1. The summed E-state index contributed by atoms with van der Waals surface area (Å²) in [7, 11) is 6.82. The smallest absolute Gasteiger partial charge is 0.338 e. The van der Waals surface area contributed by atoms with E-state index in [1.807, 2.05) is 31.3 Å². The molecule has 2 aliphatic heterocycles. The summed E-state index contributed by atoms with van der Waals surface area (Å²) in [6.45, 7) is 8.70. The number of fused-ring (bicyclic) bond motifs is 3. The Morgan fingerprint density at radius 3 is 2.30 bits per heavy atom. The quantitative estimate of drug-likeness (QED) is 0.0763. The first-order valence-corrected chi connectivity index (χ1v) is 23.0. The molecule has 63 heavy (non-hydrogen) atoms. The van der Waals surface area contributed by atoms with Gasteiger partial charge in [0.1, 0.15) is 29.3 Å². The van der Waals surface area contributed by atoms with Crippen LogP contribution >= 0.6 is 8.58 Å². The van der Waals surface area contributed by atoms with Gasteiger partial charge in [0.15, 0.2) is 6.29 Å². The number of likely N-dealkylation sites (N-methyl/N-ethyl adjacent to an activating group) is 1. The number of aryl methyl sites for hydroxylation is 3. The van der Waals surface area contributed by atoms with Gasteiger partial charge < -0.3 is 20.0 Å². The molecule has 1 unspecified atom stereocenters. The van der Waals surface area contributed by atoms with Gasteiger partial charge >= 0.3 is 5.69 Å². The number of carbonyl (C=O) groups is 2. The number of hydrogen-bond acceptors (Lipinski definition) is 7. The largest absolute Gasteiger partial charge is 0.385 e. The normalized spacial score (nSPS) is 20.2. The molecule has 2 fully saturated rings. The average Bonchev–Trinajstić information content (AvgIpc) is 3.70. The van der Waals surface area contributed by atoms with Gasteiger partial charge in [-0.15, -0.1) is 8.58 Å². The third-order valence-electron chi connectivity index (χ3n) is 13.0. The van der Waals surface area contributed by atoms with Crippen molar-refractivity contribution in [2.75, 3.05) is 33.0 Å². The molecule has 0 radical (unpaired) electrons. The summed E-state index contributed by atoms with van der Waals surface area (Å²) in [6, 6.07) is 18.2. The van der Waals surface area contributed by atoms with E-state index in [4.69, 9.17) is 15.6 Å². The summed E-state index contributed by atoms with van der Waals surface area (Å²) in [5.41, 5.74) is 14.5. The highest BCUT2D eigenvalue weighted by Gasteiger charge is 2.57. The number of halogens is 1. The van der Waals surface area contributed by atoms with E-state index in [9.17, 15) is 14.0 Å². The molecule has 1 aliphatic carbocycles. The molecular formula is C48H56FN10O3P. The van der Waals surface area contributed by atoms with E-state index in [1.165, 1.54) is 37.7 Å². The molecule has 0 bridgehead atoms. The second kappa shape index (κ2) is 17.7. The van der Waals surface area contributed by atoms with Crippen LogP contribution in [-0.2, 0) is 30.3 Å². The Morgan fingerprint density at radius 1 is 0.952 bits per heavy atom. The summed E-state index contributed by atoms with van der Waals surface area (Å²) >= 11 is 0. The first-order valence-electron chi connectivity index (χ1n) is 21.6. The van der Waals surface area contributed by atoms with Crippen LogP contribution < -0.4 is 11.4 Å². The number of benzene rings is 3. The van der Waals surface area contributed by atoms with E-state index in [-0.39, 0.29) is 17.0 Å². The van der Waals surface area contributed by atoms with Gasteiger partial charge in [0.2, 0.25) is 0 Å². The van der Waals surface area contributed by atoms with Gasteiger partial charge in [-0.3, -0.25) is 23.6 Å². The zero-order valence-corrected chi connectivity index (χ0v) is 38.1. The van der Waals surface area contributed by atoms with Crippen molar-refractivity contribution in [2.45, 2.75) is 71.4 Å². The third kappa shape index (κ3) is 7.88. The van der Waals surface area contributed by atoms with Crippen molar-refractivity contribution in [3.8, 4) is 17.2 Å². The summed E-state index contributed by atoms with van der Waals surface area (Å²) in [5.74, 6) is 2.16. The van der Waals surface area contributed by atoms with Crippen molar-refractivity contribution in [1.82, 2.24) is 38.2 Å². The third-order valence-corrected chi connectivity index (χ3v) is 14.3. The second-order valence-corrected chi connectivity index (χ2v) is 18.6. The molecule has 1 saturated carbocycles. The molecule has 0 spiro atoms. The molecule has 2 N–H and O–H groups in total. The van der Waals surface area contributed by atoms with E-state index in [2.05, 4.69) is 51.7 Å². The van der Waals surface area contributed by atoms with Crippen LogP contribution in [0.5, 0.6) is 0 Å². The molecule has 0 amide bonds. The average molecular weight is 871 g/mol. The summed E-state index contributed by atoms with van der Waals surface area (Å²) in [4.78, 5) is 40.8. The van der Waals surface area contributed by atoms with Crippen LogP contribution in [-0.4, -0.2) is 89.5 Å². The van der Waals surface area contributed by atoms with Crippen LogP contribution in [0.25, 0.3) is 39.0 Å². The summed E-state index contributed by atoms with van der Waals surface area (Å²) < 4.78 is 23.4. The van der Waals surface area contributed by atoms with Crippen LogP contribution in [0.3, 0.4) is 0 Å². The first kappa shape index (κ1) is 43.7. The lowest BCUT2D eigenvalue weighted by Gasteiger charge is -2.23. The van der Waals surface area contributed by atoms with E-state index in [1.54, 1.807) is 70.1 Å². The molecule has 6 heterocycles. The van der Waals surface area contributed by atoms with Crippen molar-refractivity contribution >= 4 is 48.8 Å². The highest BCUT2D eigenvalue weighted by Crippen LogP contribution is 2.52. The Labute approximate surface area is 368 Å². The maximum absolute atomic E-state index is 14.4. The lowest BCUT2D eigenvalue weighted by Crippen LogP contribution is -2.37. The highest BCUT2D eigenvalue weighted by molar-refractivity contribution is 7.38. The van der Waals surface area contributed by atoms with Crippen LogP contribution in [0.2, 0.25) is 0 Å². The lowest BCUT2D eigenvalue weighted by atomic mass is 9.93. The minimum atomic E-state index is -0.333. The number of imidazole rings is 1. The monoisotopic (exact) mass is 870 g/mol. The number of aromatic nitrogens is 7. The van der Waals surface area contributed by atoms with E-state index < -0.39 is 0 Å². The van der Waals surface area contributed by atoms with Gasteiger partial charge in [-0.05, 0) is 136 Å². The molecular weight excluding hydrogens is 815 g/mol. The Morgan fingerprint density at radius 2 is 1.63 bits per heavy atom. The predicted molar refractivity (Wildman–Crippen MR) is 251 cm³/mol. The molecule has 15 heteroatoms. The van der Waals surface area contributed by atoms with Crippen molar-refractivity contribution in [3.05, 3.63) is 123 Å². The van der Waals surface area contributed by atoms with Crippen molar-refractivity contribution in [3.63, 3.8) is 0 Å². The predicted octanol–water partition coefficient (Wildman–Crippen LogP) is 7.38. The molecule has 13 nitrogen and oxygen atoms in total. The number of hydrogen-bond donors (Lipinski definition) is 1. The van der Waals surface area contributed by atoms with Crippen molar-refractivity contribution in [2.24, 2.45) is 23.7 Å². The minimum absolute atomic E-state index is 0.194. The number of nitrogens with zero attached hydrogens (tertiary/aromatic N) is 9. The standard InChI is InChI=1S/C26H26FN7O.C20H26N3OP.C2H4O/c1-16-11-20(12-17(2)24(16)27)34-25(21-15-30(3)8-7-22(21)29-34)33-10-9-32(26(33)35)19-5-6-23-18(13-19)14-28-31(23)4;1-13-11-20(13,19(21)22-2)23-17(12-24)10-16-9-15(3-4-18(16)23)14-5-7-25-8-6-14;1-2-3/h5-6,9-14H,7-8,15H2,1-4H3;3-4,9-10,12-14,25H,5-8,11H2,1-2H3,(H2,21,22);2H,1H3/t;13?,20-;/m.0./s1. The topological polar surface area (TPSA) is 143 Å². The number of nitrogens with two attached hydrogens (primary N) is 1. The number of carbonyl (C=O) groups excluding carboxylic acids is 2. The second-order valence-electron chi connectivity index (χ2n) is 17.1. The van der Waals surface area contributed by atoms with Gasteiger partial charge in [-0.2, -0.15) is 10.2 Å². The van der Waals surface area contributed by atoms with Gasteiger partial charge in [0, 0.05) is 67.9 Å². The van der Waals surface area contributed by atoms with Gasteiger partial charge in [0.25, 0.3) is 0 Å². The van der Waals surface area contributed by atoms with Crippen LogP contribution in [0.4, 0.5) is 4.39 Å². The number of aliphatic imine (C=N–C) groups is 1. The van der Waals surface area contributed by atoms with Crippen LogP contribution in [0.1, 0.15) is 77.5 Å². The van der Waals surface area contributed by atoms with Gasteiger partial charge in [-0.25, -0.2) is 13.9 Å².